The number of benzene rings is 1. The number of halogens is 3. The zero-order chi connectivity index (χ0) is 17.7. The van der Waals surface area contributed by atoms with E-state index in [2.05, 4.69) is 15.6 Å². The zero-order valence-corrected chi connectivity index (χ0v) is 11.9. The van der Waals surface area contributed by atoms with Gasteiger partial charge in [0.2, 0.25) is 0 Å². The summed E-state index contributed by atoms with van der Waals surface area (Å²) < 4.78 is 37.2. The summed E-state index contributed by atoms with van der Waals surface area (Å²) in [5.74, 6) is -0.704. The number of hydrogen-bond acceptors (Lipinski definition) is 5. The summed E-state index contributed by atoms with van der Waals surface area (Å²) in [5.41, 5.74) is 1.98. The average molecular weight is 341 g/mol. The number of hydrogen-bond donors (Lipinski definition) is 1. The van der Waals surface area contributed by atoms with Crippen LogP contribution in [0.4, 0.5) is 18.9 Å². The molecule has 0 aliphatic heterocycles. The molecule has 126 valence electrons. The Morgan fingerprint density at radius 3 is 2.83 bits per heavy atom. The summed E-state index contributed by atoms with van der Waals surface area (Å²) in [7, 11) is 0. The fourth-order valence-corrected chi connectivity index (χ4v) is 1.70. The van der Waals surface area contributed by atoms with Crippen LogP contribution >= 0.6 is 0 Å². The van der Waals surface area contributed by atoms with Gasteiger partial charge in [0.15, 0.2) is 0 Å². The van der Waals surface area contributed by atoms with E-state index in [1.807, 2.05) is 0 Å². The standard InChI is InChI=1S/C13H10F3N5O3/c14-13(15,16)8-20-5-4-10(19-20)7-17-18-12(22)9-2-1-3-11(6-9)21(23)24/h1-7H,8H2,(H,18,22). The van der Waals surface area contributed by atoms with Crippen LogP contribution in [0.3, 0.4) is 0 Å². The molecule has 1 aromatic carbocycles. The Labute approximate surface area is 132 Å². The maximum atomic E-state index is 12.2. The first-order chi connectivity index (χ1) is 11.2. The molecule has 1 aromatic heterocycles. The number of nitrogens with one attached hydrogen (secondary N) is 1. The van der Waals surface area contributed by atoms with Gasteiger partial charge in [-0.1, -0.05) is 6.07 Å². The molecule has 0 radical (unpaired) electrons. The normalized spacial score (nSPS) is 11.6. The van der Waals surface area contributed by atoms with E-state index < -0.39 is 23.6 Å². The molecule has 0 spiro atoms. The van der Waals surface area contributed by atoms with Crippen LogP contribution in [0.25, 0.3) is 0 Å². The number of alkyl halides is 3. The summed E-state index contributed by atoms with van der Waals surface area (Å²) in [6.45, 7) is -1.24. The van der Waals surface area contributed by atoms with Crippen molar-refractivity contribution in [2.24, 2.45) is 5.10 Å². The molecule has 24 heavy (non-hydrogen) atoms. The molecule has 2 aromatic rings. The van der Waals surface area contributed by atoms with E-state index in [-0.39, 0.29) is 16.9 Å². The number of nitro benzene ring substituents is 1. The van der Waals surface area contributed by atoms with Crippen LogP contribution in [0.1, 0.15) is 16.1 Å². The maximum absolute atomic E-state index is 12.2. The van der Waals surface area contributed by atoms with E-state index in [1.165, 1.54) is 24.3 Å². The highest BCUT2D eigenvalue weighted by Crippen LogP contribution is 2.16. The van der Waals surface area contributed by atoms with Crippen molar-refractivity contribution in [3.8, 4) is 0 Å². The van der Waals surface area contributed by atoms with E-state index in [0.717, 1.165) is 18.5 Å². The first kappa shape index (κ1) is 17.1. The van der Waals surface area contributed by atoms with Gasteiger partial charge in [-0.3, -0.25) is 19.6 Å². The van der Waals surface area contributed by atoms with Gasteiger partial charge in [0.05, 0.1) is 11.1 Å². The van der Waals surface area contributed by atoms with Crippen molar-refractivity contribution in [3.63, 3.8) is 0 Å². The van der Waals surface area contributed by atoms with Gasteiger partial charge in [0.25, 0.3) is 11.6 Å². The highest BCUT2D eigenvalue weighted by atomic mass is 19.4. The van der Waals surface area contributed by atoms with Crippen molar-refractivity contribution in [3.05, 3.63) is 57.9 Å². The number of rotatable bonds is 5. The molecule has 1 heterocycles. The highest BCUT2D eigenvalue weighted by molar-refractivity contribution is 5.95. The first-order valence-electron chi connectivity index (χ1n) is 6.43. The van der Waals surface area contributed by atoms with Crippen molar-refractivity contribution in [1.82, 2.24) is 15.2 Å². The lowest BCUT2D eigenvalue weighted by atomic mass is 10.2. The molecule has 0 atom stereocenters. The second kappa shape index (κ2) is 6.89. The first-order valence-corrected chi connectivity index (χ1v) is 6.43. The van der Waals surface area contributed by atoms with Crippen LogP contribution in [0.2, 0.25) is 0 Å². The third-order valence-corrected chi connectivity index (χ3v) is 2.68. The van der Waals surface area contributed by atoms with Gasteiger partial charge in [-0.25, -0.2) is 5.43 Å². The molecule has 1 N–H and O–H groups in total. The summed E-state index contributed by atoms with van der Waals surface area (Å²) in [5, 5.41) is 17.8. The summed E-state index contributed by atoms with van der Waals surface area (Å²) >= 11 is 0. The van der Waals surface area contributed by atoms with E-state index in [1.54, 1.807) is 0 Å². The zero-order valence-electron chi connectivity index (χ0n) is 11.9. The molecule has 2 rings (SSSR count). The molecule has 11 heteroatoms. The average Bonchev–Trinajstić information content (AvgIpc) is 2.92. The van der Waals surface area contributed by atoms with E-state index >= 15 is 0 Å². The third kappa shape index (κ3) is 4.90. The number of non-ortho nitro benzene ring substituents is 1. The van der Waals surface area contributed by atoms with Crippen LogP contribution < -0.4 is 5.43 Å². The number of hydrazone groups is 1. The summed E-state index contributed by atoms with van der Waals surface area (Å²) in [6, 6.07) is 6.29. The van der Waals surface area contributed by atoms with Gasteiger partial charge in [0, 0.05) is 23.9 Å². The van der Waals surface area contributed by atoms with Gasteiger partial charge in [-0.15, -0.1) is 0 Å². The van der Waals surface area contributed by atoms with Gasteiger partial charge in [0.1, 0.15) is 12.2 Å². The molecule has 1 amide bonds. The molecular weight excluding hydrogens is 331 g/mol. The fraction of sp³-hybridized carbons (Fsp3) is 0.154. The lowest BCUT2D eigenvalue weighted by Crippen LogP contribution is -2.18. The predicted molar refractivity (Wildman–Crippen MR) is 76.4 cm³/mol. The van der Waals surface area contributed by atoms with E-state index in [0.29, 0.717) is 4.68 Å². The molecule has 0 saturated carbocycles. The lowest BCUT2D eigenvalue weighted by Gasteiger charge is -2.04. The second-order valence-electron chi connectivity index (χ2n) is 4.56. The Bertz CT molecular complexity index is 785. The molecule has 0 bridgehead atoms. The second-order valence-corrected chi connectivity index (χ2v) is 4.56. The van der Waals surface area contributed by atoms with Crippen LogP contribution in [-0.2, 0) is 6.54 Å². The molecule has 0 fully saturated rings. The minimum absolute atomic E-state index is 0.0175. The largest absolute Gasteiger partial charge is 0.408 e. The number of aromatic nitrogens is 2. The molecule has 0 aliphatic carbocycles. The molecule has 0 unspecified atom stereocenters. The van der Waals surface area contributed by atoms with Crippen LogP contribution in [-0.4, -0.2) is 33.0 Å². The minimum atomic E-state index is -4.39. The SMILES string of the molecule is O=C(NN=Cc1ccn(CC(F)(F)F)n1)c1cccc([N+](=O)[O-])c1. The van der Waals surface area contributed by atoms with Gasteiger partial charge in [-0.2, -0.15) is 23.4 Å². The maximum Gasteiger partial charge on any atom is 0.408 e. The highest BCUT2D eigenvalue weighted by Gasteiger charge is 2.28. The van der Waals surface area contributed by atoms with Crippen LogP contribution in [0, 0.1) is 10.1 Å². The van der Waals surface area contributed by atoms with Crippen LogP contribution in [0.5, 0.6) is 0 Å². The van der Waals surface area contributed by atoms with Gasteiger partial charge >= 0.3 is 6.18 Å². The smallest absolute Gasteiger partial charge is 0.267 e. The van der Waals surface area contributed by atoms with Crippen molar-refractivity contribution in [1.29, 1.82) is 0 Å². The monoisotopic (exact) mass is 341 g/mol. The Kier molecular flexibility index (Phi) is 4.92. The molecular formula is C13H10F3N5O3. The number of nitrogens with zero attached hydrogens (tertiary/aromatic N) is 4. The van der Waals surface area contributed by atoms with Crippen molar-refractivity contribution in [2.45, 2.75) is 12.7 Å². The quantitative estimate of drug-likeness (QED) is 0.511. The Morgan fingerprint density at radius 2 is 2.17 bits per heavy atom. The number of carbonyl (C=O) groups is 1. The molecule has 0 aliphatic rings. The topological polar surface area (TPSA) is 102 Å². The van der Waals surface area contributed by atoms with Crippen molar-refractivity contribution in [2.75, 3.05) is 0 Å². The third-order valence-electron chi connectivity index (χ3n) is 2.68. The van der Waals surface area contributed by atoms with E-state index in [4.69, 9.17) is 0 Å². The van der Waals surface area contributed by atoms with E-state index in [9.17, 15) is 28.1 Å². The van der Waals surface area contributed by atoms with Gasteiger partial charge in [-0.05, 0) is 12.1 Å². The Balaban J connectivity index is 1.97. The van der Waals surface area contributed by atoms with Crippen LogP contribution in [0.15, 0.2) is 41.6 Å². The van der Waals surface area contributed by atoms with Gasteiger partial charge < -0.3 is 0 Å². The summed E-state index contributed by atoms with van der Waals surface area (Å²) in [6.07, 6.45) is -2.21. The lowest BCUT2D eigenvalue weighted by molar-refractivity contribution is -0.384. The summed E-state index contributed by atoms with van der Waals surface area (Å²) in [4.78, 5) is 21.8. The predicted octanol–water partition coefficient (Wildman–Crippen LogP) is 2.12. The Morgan fingerprint density at radius 1 is 1.42 bits per heavy atom. The molecule has 8 nitrogen and oxygen atoms in total. The Hall–Kier alpha value is -3.24. The fourth-order valence-electron chi connectivity index (χ4n) is 1.70. The van der Waals surface area contributed by atoms with Crippen molar-refractivity contribution >= 4 is 17.8 Å². The van der Waals surface area contributed by atoms with Crippen molar-refractivity contribution < 1.29 is 22.9 Å². The number of amides is 1. The minimum Gasteiger partial charge on any atom is -0.267 e. The number of nitro groups is 1. The number of carbonyl (C=O) groups excluding carboxylic acids is 1. The molecule has 0 saturated heterocycles.